The van der Waals surface area contributed by atoms with Crippen molar-refractivity contribution >= 4 is 39.2 Å². The van der Waals surface area contributed by atoms with Gasteiger partial charge in [-0.1, -0.05) is 11.8 Å². The van der Waals surface area contributed by atoms with E-state index in [0.29, 0.717) is 17.3 Å². The van der Waals surface area contributed by atoms with Crippen molar-refractivity contribution in [2.24, 2.45) is 0 Å². The molecule has 4 heterocycles. The number of aryl methyl sites for hydroxylation is 1. The average Bonchev–Trinajstić information content (AvgIpc) is 3.49. The Kier molecular flexibility index (Phi) is 5.45. The van der Waals surface area contributed by atoms with Crippen molar-refractivity contribution in [1.29, 1.82) is 0 Å². The van der Waals surface area contributed by atoms with E-state index in [0.717, 1.165) is 51.7 Å². The van der Waals surface area contributed by atoms with Crippen LogP contribution in [0.3, 0.4) is 0 Å². The van der Waals surface area contributed by atoms with Crippen LogP contribution in [-0.4, -0.2) is 52.9 Å². The number of amides is 1. The molecule has 3 aromatic rings. The number of nitrogens with zero attached hydrogens (tertiary/aromatic N) is 3. The van der Waals surface area contributed by atoms with E-state index in [1.165, 1.54) is 11.8 Å². The average molecular weight is 445 g/mol. The van der Waals surface area contributed by atoms with Crippen LogP contribution in [0.2, 0.25) is 0 Å². The molecule has 2 aliphatic rings. The van der Waals surface area contributed by atoms with Crippen LogP contribution in [0.1, 0.15) is 17.8 Å². The SMILES string of the molecule is Cc1nc2c(SCC(=O)NCC3CCCO3)nnc(-c3ccc4c(c3)OCO4)c2s1. The Morgan fingerprint density at radius 1 is 1.30 bits per heavy atom. The van der Waals surface area contributed by atoms with Gasteiger partial charge >= 0.3 is 0 Å². The monoisotopic (exact) mass is 444 g/mol. The lowest BCUT2D eigenvalue weighted by Gasteiger charge is -2.10. The minimum atomic E-state index is -0.0442. The van der Waals surface area contributed by atoms with Crippen LogP contribution in [0.4, 0.5) is 0 Å². The summed E-state index contributed by atoms with van der Waals surface area (Å²) in [5.41, 5.74) is 2.42. The molecule has 1 saturated heterocycles. The van der Waals surface area contributed by atoms with Crippen molar-refractivity contribution in [3.05, 3.63) is 23.2 Å². The van der Waals surface area contributed by atoms with E-state index in [1.54, 1.807) is 11.3 Å². The maximum atomic E-state index is 12.2. The van der Waals surface area contributed by atoms with Crippen molar-refractivity contribution in [2.75, 3.05) is 25.7 Å². The fourth-order valence-electron chi connectivity index (χ4n) is 3.47. The first-order valence-corrected chi connectivity index (χ1v) is 11.5. The van der Waals surface area contributed by atoms with E-state index in [4.69, 9.17) is 14.2 Å². The summed E-state index contributed by atoms with van der Waals surface area (Å²) in [7, 11) is 0. The third-order valence-corrected chi connectivity index (χ3v) is 6.86. The molecule has 30 heavy (non-hydrogen) atoms. The molecule has 1 fully saturated rings. The molecular formula is C20H20N4O4S2. The van der Waals surface area contributed by atoms with E-state index in [2.05, 4.69) is 20.5 Å². The number of thioether (sulfide) groups is 1. The molecule has 1 unspecified atom stereocenters. The molecule has 0 bridgehead atoms. The maximum absolute atomic E-state index is 12.2. The first kappa shape index (κ1) is 19.5. The van der Waals surface area contributed by atoms with Crippen LogP contribution in [-0.2, 0) is 9.53 Å². The molecule has 8 nitrogen and oxygen atoms in total. The lowest BCUT2D eigenvalue weighted by Crippen LogP contribution is -2.32. The molecule has 2 aromatic heterocycles. The lowest BCUT2D eigenvalue weighted by atomic mass is 10.1. The highest BCUT2D eigenvalue weighted by molar-refractivity contribution is 8.00. The smallest absolute Gasteiger partial charge is 0.231 e. The van der Waals surface area contributed by atoms with Crippen LogP contribution < -0.4 is 14.8 Å². The highest BCUT2D eigenvalue weighted by Crippen LogP contribution is 2.39. The predicted molar refractivity (Wildman–Crippen MR) is 114 cm³/mol. The minimum absolute atomic E-state index is 0.0442. The number of carbonyl (C=O) groups excluding carboxylic acids is 1. The Labute approximate surface area is 181 Å². The number of ether oxygens (including phenoxy) is 3. The van der Waals surface area contributed by atoms with Gasteiger partial charge in [0.1, 0.15) is 16.2 Å². The second-order valence-electron chi connectivity index (χ2n) is 7.06. The number of hydrogen-bond acceptors (Lipinski definition) is 9. The topological polar surface area (TPSA) is 95.5 Å². The van der Waals surface area contributed by atoms with Crippen molar-refractivity contribution in [3.8, 4) is 22.8 Å². The molecule has 1 amide bonds. The van der Waals surface area contributed by atoms with Gasteiger partial charge in [-0.3, -0.25) is 4.79 Å². The number of hydrogen-bond donors (Lipinski definition) is 1. The van der Waals surface area contributed by atoms with Crippen LogP contribution in [0.25, 0.3) is 21.5 Å². The second-order valence-corrected chi connectivity index (χ2v) is 9.23. The van der Waals surface area contributed by atoms with Crippen molar-refractivity contribution < 1.29 is 19.0 Å². The van der Waals surface area contributed by atoms with Gasteiger partial charge in [0.05, 0.1) is 21.6 Å². The first-order valence-electron chi connectivity index (χ1n) is 9.72. The van der Waals surface area contributed by atoms with Crippen molar-refractivity contribution in [1.82, 2.24) is 20.5 Å². The molecule has 0 saturated carbocycles. The molecule has 0 radical (unpaired) electrons. The largest absolute Gasteiger partial charge is 0.454 e. The summed E-state index contributed by atoms with van der Waals surface area (Å²) >= 11 is 2.92. The van der Waals surface area contributed by atoms with Gasteiger partial charge in [0.25, 0.3) is 0 Å². The predicted octanol–water partition coefficient (Wildman–Crippen LogP) is 3.18. The molecule has 1 N–H and O–H groups in total. The summed E-state index contributed by atoms with van der Waals surface area (Å²) in [5.74, 6) is 1.64. The lowest BCUT2D eigenvalue weighted by molar-refractivity contribution is -0.119. The van der Waals surface area contributed by atoms with E-state index in [-0.39, 0.29) is 24.6 Å². The van der Waals surface area contributed by atoms with E-state index >= 15 is 0 Å². The quantitative estimate of drug-likeness (QED) is 0.579. The number of aromatic nitrogens is 3. The molecule has 1 atom stereocenters. The molecule has 1 aromatic carbocycles. The first-order chi connectivity index (χ1) is 14.7. The summed E-state index contributed by atoms with van der Waals surface area (Å²) in [6, 6.07) is 5.73. The molecule has 156 valence electrons. The second kappa shape index (κ2) is 8.37. The van der Waals surface area contributed by atoms with Gasteiger partial charge in [-0.05, 0) is 38.0 Å². The van der Waals surface area contributed by atoms with Gasteiger partial charge in [0.15, 0.2) is 11.5 Å². The maximum Gasteiger partial charge on any atom is 0.231 e. The molecule has 0 spiro atoms. The van der Waals surface area contributed by atoms with E-state index in [9.17, 15) is 4.79 Å². The van der Waals surface area contributed by atoms with Crippen LogP contribution in [0, 0.1) is 6.92 Å². The number of fused-ring (bicyclic) bond motifs is 2. The van der Waals surface area contributed by atoms with Gasteiger partial charge in [-0.2, -0.15) is 0 Å². The van der Waals surface area contributed by atoms with Crippen LogP contribution in [0.5, 0.6) is 11.5 Å². The molecule has 10 heteroatoms. The highest BCUT2D eigenvalue weighted by Gasteiger charge is 2.20. The molecule has 0 aliphatic carbocycles. The fourth-order valence-corrected chi connectivity index (χ4v) is 5.21. The summed E-state index contributed by atoms with van der Waals surface area (Å²) < 4.78 is 17.4. The van der Waals surface area contributed by atoms with Gasteiger partial charge in [0, 0.05) is 18.7 Å². The van der Waals surface area contributed by atoms with Crippen molar-refractivity contribution in [3.63, 3.8) is 0 Å². The molecule has 5 rings (SSSR count). The zero-order valence-electron chi connectivity index (χ0n) is 16.3. The fraction of sp³-hybridized carbons (Fsp3) is 0.400. The summed E-state index contributed by atoms with van der Waals surface area (Å²) in [4.78, 5) is 16.9. The van der Waals surface area contributed by atoms with Crippen LogP contribution in [0.15, 0.2) is 23.2 Å². The number of rotatable bonds is 6. The zero-order chi connectivity index (χ0) is 20.5. The number of benzene rings is 1. The summed E-state index contributed by atoms with van der Waals surface area (Å²) in [6.07, 6.45) is 2.19. The Morgan fingerprint density at radius 2 is 2.20 bits per heavy atom. The number of carbonyl (C=O) groups is 1. The van der Waals surface area contributed by atoms with Crippen molar-refractivity contribution in [2.45, 2.75) is 30.9 Å². The van der Waals surface area contributed by atoms with E-state index in [1.807, 2.05) is 25.1 Å². The Morgan fingerprint density at radius 3 is 3.07 bits per heavy atom. The Bertz CT molecular complexity index is 1100. The Balaban J connectivity index is 1.34. The Hall–Kier alpha value is -2.43. The number of thiazole rings is 1. The third kappa shape index (κ3) is 3.94. The summed E-state index contributed by atoms with van der Waals surface area (Å²) in [5, 5.41) is 13.3. The van der Waals surface area contributed by atoms with Gasteiger partial charge < -0.3 is 19.5 Å². The standard InChI is InChI=1S/C20H20N4O4S2/c1-11-22-18-19(30-11)17(12-4-5-14-15(7-12)28-10-27-14)23-24-20(18)29-9-16(25)21-8-13-3-2-6-26-13/h4-5,7,13H,2-3,6,8-10H2,1H3,(H,21,25). The highest BCUT2D eigenvalue weighted by atomic mass is 32.2. The normalized spacial score (nSPS) is 17.6. The van der Waals surface area contributed by atoms with Gasteiger partial charge in [0.2, 0.25) is 12.7 Å². The summed E-state index contributed by atoms with van der Waals surface area (Å²) in [6.45, 7) is 3.52. The third-order valence-electron chi connectivity index (χ3n) is 4.93. The van der Waals surface area contributed by atoms with Crippen LogP contribution >= 0.6 is 23.1 Å². The molecular weight excluding hydrogens is 424 g/mol. The molecule has 2 aliphatic heterocycles. The number of nitrogens with one attached hydrogen (secondary N) is 1. The zero-order valence-corrected chi connectivity index (χ0v) is 18.0. The van der Waals surface area contributed by atoms with Gasteiger partial charge in [-0.25, -0.2) is 4.98 Å². The minimum Gasteiger partial charge on any atom is -0.454 e. The van der Waals surface area contributed by atoms with E-state index < -0.39 is 0 Å². The van der Waals surface area contributed by atoms with Gasteiger partial charge in [-0.15, -0.1) is 21.5 Å².